The van der Waals surface area contributed by atoms with Crippen molar-refractivity contribution in [2.45, 2.75) is 32.7 Å². The van der Waals surface area contributed by atoms with Gasteiger partial charge in [-0.05, 0) is 37.1 Å². The van der Waals surface area contributed by atoms with Gasteiger partial charge in [0.15, 0.2) is 0 Å². The van der Waals surface area contributed by atoms with Crippen LogP contribution in [0.5, 0.6) is 0 Å². The molecule has 2 fully saturated rings. The van der Waals surface area contributed by atoms with Crippen molar-refractivity contribution in [3.05, 3.63) is 0 Å². The molecule has 2 aliphatic rings. The fourth-order valence-electron chi connectivity index (χ4n) is 2.79. The minimum absolute atomic E-state index is 0.382. The summed E-state index contributed by atoms with van der Waals surface area (Å²) in [4.78, 5) is 2.59. The maximum absolute atomic E-state index is 9.05. The average Bonchev–Trinajstić information content (AvgIpc) is 2.61. The lowest BCUT2D eigenvalue weighted by atomic mass is 9.71. The Labute approximate surface area is 80.9 Å². The summed E-state index contributed by atoms with van der Waals surface area (Å²) in [5.41, 5.74) is 0. The number of aliphatic hydroxyl groups is 1. The van der Waals surface area contributed by atoms with Crippen molar-refractivity contribution < 1.29 is 5.11 Å². The molecule has 1 saturated heterocycles. The molecule has 2 nitrogen and oxygen atoms in total. The second-order valence-corrected chi connectivity index (χ2v) is 4.97. The summed E-state index contributed by atoms with van der Waals surface area (Å²) in [7, 11) is 0. The molecule has 13 heavy (non-hydrogen) atoms. The number of rotatable bonds is 2. The van der Waals surface area contributed by atoms with Gasteiger partial charge in [-0.15, -0.1) is 0 Å². The molecule has 2 heteroatoms. The Bertz CT molecular complexity index is 183. The Morgan fingerprint density at radius 1 is 1.38 bits per heavy atom. The van der Waals surface area contributed by atoms with E-state index in [1.807, 2.05) is 0 Å². The van der Waals surface area contributed by atoms with Crippen LogP contribution in [0.2, 0.25) is 0 Å². The molecule has 4 atom stereocenters. The Morgan fingerprint density at radius 2 is 2.15 bits per heavy atom. The second-order valence-electron chi connectivity index (χ2n) is 4.97. The van der Waals surface area contributed by atoms with Crippen molar-refractivity contribution in [3.63, 3.8) is 0 Å². The van der Waals surface area contributed by atoms with Gasteiger partial charge in [-0.3, -0.25) is 4.90 Å². The molecule has 4 unspecified atom stereocenters. The lowest BCUT2D eigenvalue weighted by molar-refractivity contribution is 0.0345. The molecule has 0 aromatic carbocycles. The van der Waals surface area contributed by atoms with Crippen molar-refractivity contribution in [3.8, 4) is 0 Å². The standard InChI is InChI=1S/C11H21NO/c1-8-5-11(9(8)2)12-4-3-10(6-12)7-13/h8-11,13H,3-7H2,1-2H3. The highest BCUT2D eigenvalue weighted by atomic mass is 16.3. The molecule has 1 saturated carbocycles. The summed E-state index contributed by atoms with van der Waals surface area (Å²) >= 11 is 0. The van der Waals surface area contributed by atoms with Gasteiger partial charge in [0.1, 0.15) is 0 Å². The third-order valence-corrected chi connectivity index (χ3v) is 4.16. The second kappa shape index (κ2) is 3.58. The SMILES string of the molecule is CC1CC(N2CCC(CO)C2)C1C. The predicted molar refractivity (Wildman–Crippen MR) is 53.5 cm³/mol. The van der Waals surface area contributed by atoms with E-state index in [0.717, 1.165) is 24.4 Å². The Kier molecular flexibility index (Phi) is 2.61. The van der Waals surface area contributed by atoms with E-state index in [9.17, 15) is 0 Å². The molecule has 1 N–H and O–H groups in total. The molecule has 0 aromatic rings. The number of likely N-dealkylation sites (tertiary alicyclic amines) is 1. The largest absolute Gasteiger partial charge is 0.396 e. The molecule has 0 spiro atoms. The first-order valence-corrected chi connectivity index (χ1v) is 5.57. The van der Waals surface area contributed by atoms with Crippen LogP contribution in [0.15, 0.2) is 0 Å². The molecule has 1 aliphatic carbocycles. The van der Waals surface area contributed by atoms with E-state index in [0.29, 0.717) is 12.5 Å². The smallest absolute Gasteiger partial charge is 0.0471 e. The van der Waals surface area contributed by atoms with Gasteiger partial charge in [-0.25, -0.2) is 0 Å². The zero-order valence-corrected chi connectivity index (χ0v) is 8.74. The summed E-state index contributed by atoms with van der Waals surface area (Å²) < 4.78 is 0. The highest BCUT2D eigenvalue weighted by Gasteiger charge is 2.40. The summed E-state index contributed by atoms with van der Waals surface area (Å²) in [5.74, 6) is 2.35. The fraction of sp³-hybridized carbons (Fsp3) is 1.00. The van der Waals surface area contributed by atoms with Gasteiger partial charge in [0.05, 0.1) is 0 Å². The van der Waals surface area contributed by atoms with Gasteiger partial charge >= 0.3 is 0 Å². The van der Waals surface area contributed by atoms with E-state index in [2.05, 4.69) is 18.7 Å². The third kappa shape index (κ3) is 1.62. The molecular formula is C11H21NO. The maximum atomic E-state index is 9.05. The molecule has 0 aromatic heterocycles. The lowest BCUT2D eigenvalue weighted by Crippen LogP contribution is -2.49. The van der Waals surface area contributed by atoms with Crippen LogP contribution in [0.1, 0.15) is 26.7 Å². The van der Waals surface area contributed by atoms with Crippen molar-refractivity contribution in [2.75, 3.05) is 19.7 Å². The van der Waals surface area contributed by atoms with E-state index >= 15 is 0 Å². The minimum Gasteiger partial charge on any atom is -0.396 e. The molecule has 0 radical (unpaired) electrons. The average molecular weight is 183 g/mol. The van der Waals surface area contributed by atoms with Gasteiger partial charge in [0.25, 0.3) is 0 Å². The minimum atomic E-state index is 0.382. The Hall–Kier alpha value is -0.0800. The summed E-state index contributed by atoms with van der Waals surface area (Å²) in [6, 6.07) is 0.826. The van der Waals surface area contributed by atoms with Gasteiger partial charge in [0.2, 0.25) is 0 Å². The fourth-order valence-corrected chi connectivity index (χ4v) is 2.79. The third-order valence-electron chi connectivity index (χ3n) is 4.16. The van der Waals surface area contributed by atoms with E-state index < -0.39 is 0 Å². The highest BCUT2D eigenvalue weighted by Crippen LogP contribution is 2.39. The zero-order valence-electron chi connectivity index (χ0n) is 8.74. The first kappa shape index (κ1) is 9.47. The van der Waals surface area contributed by atoms with Gasteiger partial charge in [0, 0.05) is 19.2 Å². The Balaban J connectivity index is 1.83. The Morgan fingerprint density at radius 3 is 2.62 bits per heavy atom. The van der Waals surface area contributed by atoms with Crippen LogP contribution in [0.4, 0.5) is 0 Å². The van der Waals surface area contributed by atoms with Gasteiger partial charge in [-0.2, -0.15) is 0 Å². The number of nitrogens with zero attached hydrogens (tertiary/aromatic N) is 1. The molecule has 1 heterocycles. The molecular weight excluding hydrogens is 162 g/mol. The summed E-state index contributed by atoms with van der Waals surface area (Å²) in [5, 5.41) is 9.05. The van der Waals surface area contributed by atoms with Crippen molar-refractivity contribution in [1.82, 2.24) is 4.90 Å². The van der Waals surface area contributed by atoms with Crippen molar-refractivity contribution >= 4 is 0 Å². The van der Waals surface area contributed by atoms with Crippen LogP contribution in [-0.4, -0.2) is 35.7 Å². The topological polar surface area (TPSA) is 23.5 Å². The van der Waals surface area contributed by atoms with E-state index in [4.69, 9.17) is 5.11 Å². The van der Waals surface area contributed by atoms with Gasteiger partial charge < -0.3 is 5.11 Å². The molecule has 0 amide bonds. The quantitative estimate of drug-likeness (QED) is 0.698. The highest BCUT2D eigenvalue weighted by molar-refractivity contribution is 4.93. The monoisotopic (exact) mass is 183 g/mol. The molecule has 0 bridgehead atoms. The van der Waals surface area contributed by atoms with Crippen molar-refractivity contribution in [1.29, 1.82) is 0 Å². The van der Waals surface area contributed by atoms with Crippen LogP contribution in [0.3, 0.4) is 0 Å². The zero-order chi connectivity index (χ0) is 9.42. The van der Waals surface area contributed by atoms with E-state index in [-0.39, 0.29) is 0 Å². The van der Waals surface area contributed by atoms with Crippen LogP contribution in [0.25, 0.3) is 0 Å². The van der Waals surface area contributed by atoms with E-state index in [1.54, 1.807) is 0 Å². The van der Waals surface area contributed by atoms with Gasteiger partial charge in [-0.1, -0.05) is 13.8 Å². The molecule has 2 rings (SSSR count). The van der Waals surface area contributed by atoms with Crippen LogP contribution < -0.4 is 0 Å². The van der Waals surface area contributed by atoms with Crippen LogP contribution in [-0.2, 0) is 0 Å². The van der Waals surface area contributed by atoms with Crippen molar-refractivity contribution in [2.24, 2.45) is 17.8 Å². The molecule has 76 valence electrons. The lowest BCUT2D eigenvalue weighted by Gasteiger charge is -2.46. The normalized spacial score (nSPS) is 46.4. The predicted octanol–water partition coefficient (Wildman–Crippen LogP) is 1.35. The maximum Gasteiger partial charge on any atom is 0.0471 e. The van der Waals surface area contributed by atoms with Crippen LogP contribution >= 0.6 is 0 Å². The van der Waals surface area contributed by atoms with E-state index in [1.165, 1.54) is 19.4 Å². The number of hydrogen-bond acceptors (Lipinski definition) is 2. The number of aliphatic hydroxyl groups excluding tert-OH is 1. The first-order chi connectivity index (χ1) is 6.22. The summed E-state index contributed by atoms with van der Waals surface area (Å²) in [6.45, 7) is 7.45. The molecule has 1 aliphatic heterocycles. The summed E-state index contributed by atoms with van der Waals surface area (Å²) in [6.07, 6.45) is 2.58. The van der Waals surface area contributed by atoms with Crippen LogP contribution in [0, 0.1) is 17.8 Å². The number of hydrogen-bond donors (Lipinski definition) is 1. The first-order valence-electron chi connectivity index (χ1n) is 5.57.